The minimum Gasteiger partial charge on any atom is -0.384 e. The molecule has 0 aliphatic carbocycles. The molecule has 0 amide bonds. The van der Waals surface area contributed by atoms with Crippen molar-refractivity contribution in [2.45, 2.75) is 6.18 Å². The van der Waals surface area contributed by atoms with Crippen LogP contribution in [0, 0.1) is 0 Å². The molecule has 122 valence electrons. The highest BCUT2D eigenvalue weighted by Gasteiger charge is 2.30. The zero-order chi connectivity index (χ0) is 17.2. The van der Waals surface area contributed by atoms with Gasteiger partial charge < -0.3 is 5.73 Å². The predicted molar refractivity (Wildman–Crippen MR) is 88.1 cm³/mol. The number of rotatable bonds is 2. The van der Waals surface area contributed by atoms with Crippen LogP contribution in [0.2, 0.25) is 0 Å². The topological polar surface area (TPSA) is 50.7 Å². The van der Waals surface area contributed by atoms with E-state index in [9.17, 15) is 13.2 Å². The highest BCUT2D eigenvalue weighted by Crippen LogP contribution is 2.29. The lowest BCUT2D eigenvalue weighted by Crippen LogP contribution is -2.18. The van der Waals surface area contributed by atoms with Crippen molar-refractivity contribution in [1.29, 1.82) is 0 Å². The van der Waals surface area contributed by atoms with Crippen LogP contribution in [0.1, 0.15) is 16.7 Å². The van der Waals surface area contributed by atoms with Gasteiger partial charge in [-0.3, -0.25) is 4.99 Å². The van der Waals surface area contributed by atoms with Gasteiger partial charge in [-0.25, -0.2) is 4.99 Å². The summed E-state index contributed by atoms with van der Waals surface area (Å²) in [5, 5.41) is 0. The Hall–Kier alpha value is -2.89. The summed E-state index contributed by atoms with van der Waals surface area (Å²) in [7, 11) is 0. The standard InChI is InChI=1S/C18H14F3N3/c19-18(20,21)14-8-6-13(7-9-14)16-17(12-4-2-1-3-5-12)24-15(22)10-11-23-16/h1-10H,11,22H2. The van der Waals surface area contributed by atoms with Crippen LogP contribution >= 0.6 is 0 Å². The lowest BCUT2D eigenvalue weighted by molar-refractivity contribution is -0.137. The van der Waals surface area contributed by atoms with Crippen LogP contribution in [0.15, 0.2) is 76.5 Å². The van der Waals surface area contributed by atoms with Crippen molar-refractivity contribution in [1.82, 2.24) is 0 Å². The molecule has 0 spiro atoms. The Balaban J connectivity index is 2.05. The average Bonchev–Trinajstić information content (AvgIpc) is 2.77. The molecule has 0 radical (unpaired) electrons. The van der Waals surface area contributed by atoms with Crippen molar-refractivity contribution in [2.24, 2.45) is 15.7 Å². The summed E-state index contributed by atoms with van der Waals surface area (Å²) >= 11 is 0. The van der Waals surface area contributed by atoms with Gasteiger partial charge in [0, 0.05) is 11.1 Å². The Morgan fingerprint density at radius 3 is 2.08 bits per heavy atom. The Morgan fingerprint density at radius 1 is 0.833 bits per heavy atom. The van der Waals surface area contributed by atoms with Crippen molar-refractivity contribution >= 4 is 11.4 Å². The summed E-state index contributed by atoms with van der Waals surface area (Å²) in [5.74, 6) is 0.333. The number of hydrogen-bond acceptors (Lipinski definition) is 3. The second kappa shape index (κ2) is 6.31. The van der Waals surface area contributed by atoms with E-state index in [-0.39, 0.29) is 0 Å². The number of nitrogens with two attached hydrogens (primary N) is 1. The number of hydrogen-bond donors (Lipinski definition) is 1. The molecule has 6 heteroatoms. The molecule has 0 saturated carbocycles. The highest BCUT2D eigenvalue weighted by atomic mass is 19.4. The van der Waals surface area contributed by atoms with Crippen LogP contribution in [0.5, 0.6) is 0 Å². The second-order valence-electron chi connectivity index (χ2n) is 5.22. The van der Waals surface area contributed by atoms with Crippen molar-refractivity contribution in [3.05, 3.63) is 83.2 Å². The van der Waals surface area contributed by atoms with Gasteiger partial charge in [0.2, 0.25) is 0 Å². The van der Waals surface area contributed by atoms with E-state index in [1.807, 2.05) is 30.3 Å². The fourth-order valence-corrected chi connectivity index (χ4v) is 2.38. The normalized spacial score (nSPS) is 15.2. The first kappa shape index (κ1) is 16.0. The van der Waals surface area contributed by atoms with E-state index in [1.54, 1.807) is 6.08 Å². The SMILES string of the molecule is NC1=CCN=C(c2ccc(C(F)(F)F)cc2)C(c2ccccc2)=N1. The Morgan fingerprint density at radius 2 is 1.46 bits per heavy atom. The lowest BCUT2D eigenvalue weighted by Gasteiger charge is -2.12. The van der Waals surface area contributed by atoms with Crippen molar-refractivity contribution in [3.63, 3.8) is 0 Å². The molecule has 3 rings (SSSR count). The van der Waals surface area contributed by atoms with Crippen LogP contribution in [-0.4, -0.2) is 18.0 Å². The molecule has 0 atom stereocenters. The first-order valence-electron chi connectivity index (χ1n) is 7.27. The van der Waals surface area contributed by atoms with Gasteiger partial charge >= 0.3 is 6.18 Å². The van der Waals surface area contributed by atoms with E-state index < -0.39 is 11.7 Å². The Bertz CT molecular complexity index is 817. The molecule has 1 heterocycles. The van der Waals surface area contributed by atoms with Gasteiger partial charge in [-0.2, -0.15) is 13.2 Å². The average molecular weight is 329 g/mol. The highest BCUT2D eigenvalue weighted by molar-refractivity contribution is 6.53. The third-order valence-corrected chi connectivity index (χ3v) is 3.55. The van der Waals surface area contributed by atoms with Crippen molar-refractivity contribution < 1.29 is 13.2 Å². The Kier molecular flexibility index (Phi) is 4.20. The Labute approximate surface area is 137 Å². The maximum atomic E-state index is 12.7. The predicted octanol–water partition coefficient (Wildman–Crippen LogP) is 3.80. The van der Waals surface area contributed by atoms with Gasteiger partial charge in [-0.1, -0.05) is 42.5 Å². The molecule has 24 heavy (non-hydrogen) atoms. The van der Waals surface area contributed by atoms with E-state index >= 15 is 0 Å². The van der Waals surface area contributed by atoms with Gasteiger partial charge in [0.15, 0.2) is 0 Å². The van der Waals surface area contributed by atoms with Gasteiger partial charge in [-0.05, 0) is 18.2 Å². The summed E-state index contributed by atoms with van der Waals surface area (Å²) in [4.78, 5) is 8.82. The molecular weight excluding hydrogens is 315 g/mol. The summed E-state index contributed by atoms with van der Waals surface area (Å²) in [5.41, 5.74) is 7.56. The first-order chi connectivity index (χ1) is 11.4. The monoisotopic (exact) mass is 329 g/mol. The van der Waals surface area contributed by atoms with Crippen LogP contribution in [0.4, 0.5) is 13.2 Å². The second-order valence-corrected chi connectivity index (χ2v) is 5.22. The summed E-state index contributed by atoms with van der Waals surface area (Å²) in [6, 6.07) is 14.2. The summed E-state index contributed by atoms with van der Waals surface area (Å²) in [6.45, 7) is 0.321. The quantitative estimate of drug-likeness (QED) is 0.895. The fourth-order valence-electron chi connectivity index (χ4n) is 2.38. The van der Waals surface area contributed by atoms with Crippen molar-refractivity contribution in [2.75, 3.05) is 6.54 Å². The molecule has 0 fully saturated rings. The van der Waals surface area contributed by atoms with E-state index in [2.05, 4.69) is 9.98 Å². The third kappa shape index (κ3) is 3.37. The lowest BCUT2D eigenvalue weighted by atomic mass is 9.98. The van der Waals surface area contributed by atoms with Gasteiger partial charge in [0.1, 0.15) is 5.82 Å². The molecule has 0 saturated heterocycles. The molecule has 3 nitrogen and oxygen atoms in total. The van der Waals surface area contributed by atoms with Gasteiger partial charge in [-0.15, -0.1) is 0 Å². The molecule has 0 unspecified atom stereocenters. The van der Waals surface area contributed by atoms with Crippen molar-refractivity contribution in [3.8, 4) is 0 Å². The number of benzene rings is 2. The maximum absolute atomic E-state index is 12.7. The first-order valence-corrected chi connectivity index (χ1v) is 7.27. The molecule has 2 aromatic rings. The minimum absolute atomic E-state index is 0.321. The molecule has 0 bridgehead atoms. The van der Waals surface area contributed by atoms with Crippen LogP contribution in [0.3, 0.4) is 0 Å². The van der Waals surface area contributed by atoms with E-state index in [0.717, 1.165) is 17.7 Å². The van der Waals surface area contributed by atoms with Gasteiger partial charge in [0.25, 0.3) is 0 Å². The summed E-state index contributed by atoms with van der Waals surface area (Å²) < 4.78 is 38.2. The largest absolute Gasteiger partial charge is 0.416 e. The van der Waals surface area contributed by atoms with E-state index in [1.165, 1.54) is 12.1 Å². The zero-order valence-electron chi connectivity index (χ0n) is 12.6. The van der Waals surface area contributed by atoms with Gasteiger partial charge in [0.05, 0.1) is 23.5 Å². The molecule has 2 N–H and O–H groups in total. The number of nitrogens with zero attached hydrogens (tertiary/aromatic N) is 2. The minimum atomic E-state index is -4.37. The van der Waals surface area contributed by atoms with Crippen LogP contribution < -0.4 is 5.73 Å². The summed E-state index contributed by atoms with van der Waals surface area (Å²) in [6.07, 6.45) is -2.70. The maximum Gasteiger partial charge on any atom is 0.416 e. The zero-order valence-corrected chi connectivity index (χ0v) is 12.6. The third-order valence-electron chi connectivity index (χ3n) is 3.55. The smallest absolute Gasteiger partial charge is 0.384 e. The number of halogens is 3. The number of alkyl halides is 3. The van der Waals surface area contributed by atoms with Crippen LogP contribution in [-0.2, 0) is 6.18 Å². The number of aliphatic imine (C=N–C) groups is 2. The molecule has 2 aromatic carbocycles. The molecule has 1 aliphatic rings. The molecule has 1 aliphatic heterocycles. The molecular formula is C18H14F3N3. The van der Waals surface area contributed by atoms with E-state index in [4.69, 9.17) is 5.73 Å². The fraction of sp³-hybridized carbons (Fsp3) is 0.111. The van der Waals surface area contributed by atoms with Crippen LogP contribution in [0.25, 0.3) is 0 Å². The van der Waals surface area contributed by atoms with E-state index in [0.29, 0.717) is 29.4 Å². The molecule has 0 aromatic heterocycles.